The predicted molar refractivity (Wildman–Crippen MR) is 72.0 cm³/mol. The number of carboxylic acids is 1. The van der Waals surface area contributed by atoms with Crippen LogP contribution in [0.5, 0.6) is 5.75 Å². The first-order chi connectivity index (χ1) is 8.83. The van der Waals surface area contributed by atoms with Crippen molar-refractivity contribution in [2.45, 2.75) is 20.3 Å². The van der Waals surface area contributed by atoms with Gasteiger partial charge in [-0.2, -0.15) is 0 Å². The van der Waals surface area contributed by atoms with Gasteiger partial charge in [0.15, 0.2) is 0 Å². The van der Waals surface area contributed by atoms with Crippen LogP contribution >= 0.6 is 11.3 Å². The molecule has 1 N–H and O–H groups in total. The predicted octanol–water partition coefficient (Wildman–Crippen LogP) is 2.52. The van der Waals surface area contributed by atoms with Gasteiger partial charge in [0.25, 0.3) is 0 Å². The second-order valence-electron chi connectivity index (χ2n) is 4.93. The van der Waals surface area contributed by atoms with Crippen LogP contribution in [-0.4, -0.2) is 18.2 Å². The van der Waals surface area contributed by atoms with Gasteiger partial charge in [0.1, 0.15) is 11.3 Å². The van der Waals surface area contributed by atoms with Crippen molar-refractivity contribution < 1.29 is 19.1 Å². The van der Waals surface area contributed by atoms with Gasteiger partial charge >= 0.3 is 10.9 Å². The van der Waals surface area contributed by atoms with Crippen molar-refractivity contribution in [2.24, 2.45) is 5.41 Å². The maximum atomic E-state index is 11.2. The zero-order valence-corrected chi connectivity index (χ0v) is 11.7. The maximum Gasteiger partial charge on any atom is 0.396 e. The third kappa shape index (κ3) is 2.63. The molecule has 2 aromatic rings. The molecule has 0 aliphatic carbocycles. The summed E-state index contributed by atoms with van der Waals surface area (Å²) in [6.45, 7) is 3.28. The summed E-state index contributed by atoms with van der Waals surface area (Å²) in [7, 11) is 1.52. The highest BCUT2D eigenvalue weighted by Gasteiger charge is 2.29. The lowest BCUT2D eigenvalue weighted by molar-refractivity contribution is -0.146. The van der Waals surface area contributed by atoms with E-state index in [1.165, 1.54) is 7.11 Å². The highest BCUT2D eigenvalue weighted by Crippen LogP contribution is 2.32. The lowest BCUT2D eigenvalue weighted by Crippen LogP contribution is -2.26. The van der Waals surface area contributed by atoms with Crippen molar-refractivity contribution in [1.29, 1.82) is 0 Å². The summed E-state index contributed by atoms with van der Waals surface area (Å²) in [6.07, 6.45) is 0.293. The Hall–Kier alpha value is -1.82. The van der Waals surface area contributed by atoms with Crippen LogP contribution in [0.1, 0.15) is 19.4 Å². The maximum absolute atomic E-state index is 11.2. The lowest BCUT2D eigenvalue weighted by atomic mass is 9.85. The standard InChI is InChI=1S/C13H14O5S/c1-13(2,11(14)15)6-7-4-9-10(5-8(7)17-3)19-12(16)18-9/h4-5H,6H2,1-3H3,(H,14,15). The lowest BCUT2D eigenvalue weighted by Gasteiger charge is -2.20. The fourth-order valence-electron chi connectivity index (χ4n) is 1.82. The molecule has 0 bridgehead atoms. The summed E-state index contributed by atoms with van der Waals surface area (Å²) in [4.78, 5) is 22.0. The average Bonchev–Trinajstić information content (AvgIpc) is 2.66. The molecule has 0 unspecified atom stereocenters. The molecule has 0 saturated carbocycles. The van der Waals surface area contributed by atoms with Crippen LogP contribution in [-0.2, 0) is 11.2 Å². The number of benzene rings is 1. The van der Waals surface area contributed by atoms with Gasteiger partial charge in [-0.3, -0.25) is 4.79 Å². The Morgan fingerprint density at radius 2 is 2.16 bits per heavy atom. The fourth-order valence-corrected chi connectivity index (χ4v) is 2.50. The molecule has 1 heterocycles. The molecule has 0 spiro atoms. The van der Waals surface area contributed by atoms with Crippen LogP contribution in [0.4, 0.5) is 0 Å². The van der Waals surface area contributed by atoms with E-state index in [1.807, 2.05) is 0 Å². The van der Waals surface area contributed by atoms with Gasteiger partial charge in [-0.05, 0) is 31.9 Å². The Balaban J connectivity index is 2.52. The highest BCUT2D eigenvalue weighted by atomic mass is 32.1. The number of methoxy groups -OCH3 is 1. The van der Waals surface area contributed by atoms with Crippen molar-refractivity contribution in [3.8, 4) is 5.75 Å². The second-order valence-corrected chi connectivity index (χ2v) is 5.91. The van der Waals surface area contributed by atoms with Crippen molar-refractivity contribution >= 4 is 27.6 Å². The van der Waals surface area contributed by atoms with Crippen LogP contribution in [0.2, 0.25) is 0 Å². The third-order valence-corrected chi connectivity index (χ3v) is 3.73. The number of hydrogen-bond donors (Lipinski definition) is 1. The number of rotatable bonds is 4. The molecule has 0 amide bonds. The van der Waals surface area contributed by atoms with E-state index in [2.05, 4.69) is 0 Å². The van der Waals surface area contributed by atoms with Gasteiger partial charge in [-0.1, -0.05) is 11.3 Å². The summed E-state index contributed by atoms with van der Waals surface area (Å²) in [6, 6.07) is 3.38. The molecule has 0 radical (unpaired) electrons. The highest BCUT2D eigenvalue weighted by molar-refractivity contribution is 7.16. The van der Waals surface area contributed by atoms with Gasteiger partial charge in [0, 0.05) is 6.07 Å². The Labute approximate surface area is 113 Å². The number of ether oxygens (including phenoxy) is 1. The third-order valence-electron chi connectivity index (χ3n) is 2.94. The zero-order chi connectivity index (χ0) is 14.2. The van der Waals surface area contributed by atoms with Crippen LogP contribution in [0.25, 0.3) is 10.3 Å². The van der Waals surface area contributed by atoms with E-state index < -0.39 is 11.4 Å². The van der Waals surface area contributed by atoms with Crippen molar-refractivity contribution in [1.82, 2.24) is 0 Å². The van der Waals surface area contributed by atoms with Gasteiger partial charge in [0.2, 0.25) is 0 Å². The van der Waals surface area contributed by atoms with Crippen LogP contribution in [0.15, 0.2) is 21.3 Å². The van der Waals surface area contributed by atoms with Crippen molar-refractivity contribution in [2.75, 3.05) is 7.11 Å². The van der Waals surface area contributed by atoms with E-state index in [-0.39, 0.29) is 4.94 Å². The summed E-state index contributed by atoms with van der Waals surface area (Å²) in [5.41, 5.74) is 0.257. The first-order valence-corrected chi connectivity index (χ1v) is 6.49. The molecule has 2 rings (SSSR count). The fraction of sp³-hybridized carbons (Fsp3) is 0.385. The minimum atomic E-state index is -0.919. The van der Waals surface area contributed by atoms with Crippen LogP contribution in [0.3, 0.4) is 0 Å². The van der Waals surface area contributed by atoms with Gasteiger partial charge in [0.05, 0.1) is 17.2 Å². The van der Waals surface area contributed by atoms with Gasteiger partial charge in [-0.25, -0.2) is 4.79 Å². The Morgan fingerprint density at radius 1 is 1.47 bits per heavy atom. The first-order valence-electron chi connectivity index (χ1n) is 5.67. The smallest absolute Gasteiger partial charge is 0.396 e. The summed E-state index contributed by atoms with van der Waals surface area (Å²) >= 11 is 0.996. The molecule has 1 aromatic heterocycles. The monoisotopic (exact) mass is 282 g/mol. The SMILES string of the molecule is COc1cc2sc(=O)oc2cc1CC(C)(C)C(=O)O. The molecule has 5 nitrogen and oxygen atoms in total. The molecule has 0 aliphatic heterocycles. The molecule has 1 aromatic carbocycles. The van der Waals surface area contributed by atoms with E-state index in [0.717, 1.165) is 11.3 Å². The summed E-state index contributed by atoms with van der Waals surface area (Å²) < 4.78 is 11.0. The number of fused-ring (bicyclic) bond motifs is 1. The molecule has 0 atom stereocenters. The molecular formula is C13H14O5S. The molecule has 102 valence electrons. The quantitative estimate of drug-likeness (QED) is 0.932. The van der Waals surface area contributed by atoms with Crippen molar-refractivity contribution in [3.05, 3.63) is 27.4 Å². The zero-order valence-electron chi connectivity index (χ0n) is 10.9. The minimum Gasteiger partial charge on any atom is -0.496 e. The number of aliphatic carboxylic acids is 1. The largest absolute Gasteiger partial charge is 0.496 e. The van der Waals surface area contributed by atoms with E-state index >= 15 is 0 Å². The molecule has 0 aliphatic rings. The number of hydrogen-bond acceptors (Lipinski definition) is 5. The number of carbonyl (C=O) groups is 1. The first kappa shape index (κ1) is 13.6. The summed E-state index contributed by atoms with van der Waals surface area (Å²) in [5.74, 6) is -0.319. The Bertz CT molecular complexity index is 680. The van der Waals surface area contributed by atoms with E-state index in [4.69, 9.17) is 9.15 Å². The second kappa shape index (κ2) is 4.70. The Kier molecular flexibility index (Phi) is 3.36. The summed E-state index contributed by atoms with van der Waals surface area (Å²) in [5, 5.41) is 9.17. The van der Waals surface area contributed by atoms with Gasteiger partial charge < -0.3 is 14.3 Å². The molecule has 6 heteroatoms. The normalized spacial score (nSPS) is 11.7. The van der Waals surface area contributed by atoms with Gasteiger partial charge in [-0.15, -0.1) is 0 Å². The van der Waals surface area contributed by atoms with Crippen molar-refractivity contribution in [3.63, 3.8) is 0 Å². The van der Waals surface area contributed by atoms with Crippen LogP contribution < -0.4 is 9.68 Å². The van der Waals surface area contributed by atoms with E-state index in [0.29, 0.717) is 28.0 Å². The van der Waals surface area contributed by atoms with E-state index in [9.17, 15) is 14.7 Å². The molecular weight excluding hydrogens is 268 g/mol. The number of carboxylic acid groups (broad SMARTS) is 1. The average molecular weight is 282 g/mol. The van der Waals surface area contributed by atoms with E-state index in [1.54, 1.807) is 26.0 Å². The molecule has 0 saturated heterocycles. The molecule has 19 heavy (non-hydrogen) atoms. The topological polar surface area (TPSA) is 76.7 Å². The Morgan fingerprint density at radius 3 is 2.74 bits per heavy atom. The van der Waals surface area contributed by atoms with Crippen LogP contribution in [0, 0.1) is 5.41 Å². The molecule has 0 fully saturated rings. The minimum absolute atomic E-state index is 0.293.